The molecule has 1 aromatic carbocycles. The number of hydrogen-bond donors (Lipinski definition) is 1. The Bertz CT molecular complexity index is 340. The van der Waals surface area contributed by atoms with Crippen LogP contribution in [-0.4, -0.2) is 6.18 Å². The van der Waals surface area contributed by atoms with Crippen molar-refractivity contribution in [2.24, 2.45) is 0 Å². The first-order valence-electron chi connectivity index (χ1n) is 3.69. The van der Waals surface area contributed by atoms with Crippen molar-refractivity contribution in [3.05, 3.63) is 34.3 Å². The summed E-state index contributed by atoms with van der Waals surface area (Å²) in [5.74, 6) is 0. The fourth-order valence-electron chi connectivity index (χ4n) is 0.820. The van der Waals surface area contributed by atoms with Crippen LogP contribution in [0.5, 0.6) is 0 Å². The second-order valence-electron chi connectivity index (χ2n) is 2.66. The minimum atomic E-state index is -4.35. The van der Waals surface area contributed by atoms with Crippen molar-refractivity contribution in [2.75, 3.05) is 5.73 Å². The Morgan fingerprint density at radius 2 is 1.71 bits per heavy atom. The van der Waals surface area contributed by atoms with E-state index in [1.54, 1.807) is 12.1 Å². The summed E-state index contributed by atoms with van der Waals surface area (Å²) in [5.41, 5.74) is 6.36. The Kier molecular flexibility index (Phi) is 3.21. The van der Waals surface area contributed by atoms with Crippen molar-refractivity contribution in [3.8, 4) is 0 Å². The summed E-state index contributed by atoms with van der Waals surface area (Å²) in [4.78, 5) is 0. The van der Waals surface area contributed by atoms with Crippen molar-refractivity contribution >= 4 is 27.7 Å². The number of nitrogens with two attached hydrogens (primary N) is 1. The Hall–Kier alpha value is -0.970. The van der Waals surface area contributed by atoms with Crippen LogP contribution >= 0.6 is 15.9 Å². The maximum absolute atomic E-state index is 12.1. The molecule has 0 saturated carbocycles. The zero-order valence-corrected chi connectivity index (χ0v) is 8.56. The van der Waals surface area contributed by atoms with E-state index in [1.807, 2.05) is 0 Å². The molecule has 1 rings (SSSR count). The molecule has 0 spiro atoms. The van der Waals surface area contributed by atoms with E-state index in [1.165, 1.54) is 12.1 Å². The van der Waals surface area contributed by atoms with Crippen LogP contribution in [0, 0.1) is 0 Å². The lowest BCUT2D eigenvalue weighted by Gasteiger charge is -2.04. The van der Waals surface area contributed by atoms with E-state index in [0.29, 0.717) is 11.3 Å². The molecule has 1 aromatic rings. The van der Waals surface area contributed by atoms with Crippen LogP contribution in [0.15, 0.2) is 28.7 Å². The van der Waals surface area contributed by atoms with Crippen molar-refractivity contribution in [1.29, 1.82) is 0 Å². The average Bonchev–Trinajstić information content (AvgIpc) is 2.07. The largest absolute Gasteiger partial charge is 0.422 e. The second-order valence-corrected chi connectivity index (χ2v) is 3.51. The van der Waals surface area contributed by atoms with Gasteiger partial charge in [-0.25, -0.2) is 0 Å². The number of allylic oxidation sites excluding steroid dienone is 1. The van der Waals surface area contributed by atoms with E-state index < -0.39 is 10.7 Å². The summed E-state index contributed by atoms with van der Waals surface area (Å²) >= 11 is 2.46. The third-order valence-corrected chi connectivity index (χ3v) is 2.18. The number of nitrogen functional groups attached to an aromatic ring is 1. The molecular weight excluding hydrogens is 259 g/mol. The van der Waals surface area contributed by atoms with Gasteiger partial charge in [-0.15, -0.1) is 0 Å². The lowest BCUT2D eigenvalue weighted by atomic mass is 10.2. The first kappa shape index (κ1) is 11.1. The van der Waals surface area contributed by atoms with Crippen molar-refractivity contribution in [2.45, 2.75) is 6.18 Å². The number of alkyl halides is 3. The Morgan fingerprint density at radius 1 is 1.21 bits per heavy atom. The summed E-state index contributed by atoms with van der Waals surface area (Å²) in [6, 6.07) is 6.12. The van der Waals surface area contributed by atoms with Gasteiger partial charge in [0.1, 0.15) is 0 Å². The fourth-order valence-corrected chi connectivity index (χ4v) is 1.08. The molecule has 76 valence electrons. The molecule has 0 aromatic heterocycles. The molecule has 0 radical (unpaired) electrons. The van der Waals surface area contributed by atoms with Crippen LogP contribution < -0.4 is 5.73 Å². The van der Waals surface area contributed by atoms with E-state index in [9.17, 15) is 13.2 Å². The minimum Gasteiger partial charge on any atom is -0.399 e. The molecule has 0 saturated heterocycles. The van der Waals surface area contributed by atoms with E-state index in [-0.39, 0.29) is 0 Å². The molecule has 0 aliphatic carbocycles. The summed E-state index contributed by atoms with van der Waals surface area (Å²) in [6.45, 7) is 0. The van der Waals surface area contributed by atoms with Gasteiger partial charge in [0.15, 0.2) is 0 Å². The molecule has 5 heteroatoms. The van der Waals surface area contributed by atoms with Gasteiger partial charge in [-0.05, 0) is 39.7 Å². The van der Waals surface area contributed by atoms with Gasteiger partial charge in [0.25, 0.3) is 0 Å². The van der Waals surface area contributed by atoms with E-state index in [4.69, 9.17) is 5.73 Å². The van der Waals surface area contributed by atoms with Gasteiger partial charge in [0.2, 0.25) is 0 Å². The molecule has 0 bridgehead atoms. The lowest BCUT2D eigenvalue weighted by Crippen LogP contribution is -2.06. The van der Waals surface area contributed by atoms with Crippen LogP contribution in [0.4, 0.5) is 18.9 Å². The Labute approximate surface area is 87.5 Å². The first-order valence-corrected chi connectivity index (χ1v) is 4.49. The van der Waals surface area contributed by atoms with Crippen LogP contribution in [-0.2, 0) is 0 Å². The van der Waals surface area contributed by atoms with Gasteiger partial charge >= 0.3 is 6.18 Å². The van der Waals surface area contributed by atoms with Crippen LogP contribution in [0.2, 0.25) is 0 Å². The number of hydrogen-bond acceptors (Lipinski definition) is 1. The molecule has 0 heterocycles. The number of anilines is 1. The molecule has 0 aliphatic rings. The lowest BCUT2D eigenvalue weighted by molar-refractivity contribution is -0.0820. The second kappa shape index (κ2) is 4.04. The average molecular weight is 266 g/mol. The monoisotopic (exact) mass is 265 g/mol. The number of benzene rings is 1. The van der Waals surface area contributed by atoms with E-state index in [2.05, 4.69) is 15.9 Å². The summed E-state index contributed by atoms with van der Waals surface area (Å²) < 4.78 is 35.4. The molecular formula is C9H7BrF3N. The van der Waals surface area contributed by atoms with Crippen LogP contribution in [0.25, 0.3) is 6.08 Å². The summed E-state index contributed by atoms with van der Waals surface area (Å²) in [7, 11) is 0. The van der Waals surface area contributed by atoms with Gasteiger partial charge < -0.3 is 5.73 Å². The smallest absolute Gasteiger partial charge is 0.399 e. The molecule has 0 amide bonds. The molecule has 0 aliphatic heterocycles. The van der Waals surface area contributed by atoms with Gasteiger partial charge in [-0.3, -0.25) is 0 Å². The van der Waals surface area contributed by atoms with E-state index in [0.717, 1.165) is 6.08 Å². The maximum Gasteiger partial charge on any atom is 0.422 e. The fraction of sp³-hybridized carbons (Fsp3) is 0.111. The number of halogens is 4. The minimum absolute atomic E-state index is 0.448. The van der Waals surface area contributed by atoms with Crippen molar-refractivity contribution < 1.29 is 13.2 Å². The predicted molar refractivity (Wildman–Crippen MR) is 53.8 cm³/mol. The van der Waals surface area contributed by atoms with E-state index >= 15 is 0 Å². The third kappa shape index (κ3) is 3.06. The molecule has 0 fully saturated rings. The highest BCUT2D eigenvalue weighted by Gasteiger charge is 2.31. The van der Waals surface area contributed by atoms with Gasteiger partial charge in [0.05, 0.1) is 4.48 Å². The topological polar surface area (TPSA) is 26.0 Å². The zero-order valence-electron chi connectivity index (χ0n) is 6.98. The van der Waals surface area contributed by atoms with Gasteiger partial charge in [-0.2, -0.15) is 13.2 Å². The Morgan fingerprint density at radius 3 is 2.14 bits per heavy atom. The standard InChI is InChI=1S/C9H7BrF3N/c10-8(9(11,12)13)5-6-1-3-7(14)4-2-6/h1-5H,14H2. The predicted octanol–water partition coefficient (Wildman–Crippen LogP) is 3.57. The van der Waals surface area contributed by atoms with Crippen molar-refractivity contribution in [1.82, 2.24) is 0 Å². The third-order valence-electron chi connectivity index (χ3n) is 1.50. The molecule has 2 N–H and O–H groups in total. The quantitative estimate of drug-likeness (QED) is 0.772. The van der Waals surface area contributed by atoms with Crippen LogP contribution in [0.1, 0.15) is 5.56 Å². The van der Waals surface area contributed by atoms with Crippen molar-refractivity contribution in [3.63, 3.8) is 0 Å². The summed E-state index contributed by atoms with van der Waals surface area (Å²) in [6.07, 6.45) is -3.35. The summed E-state index contributed by atoms with van der Waals surface area (Å²) in [5, 5.41) is 0. The highest BCUT2D eigenvalue weighted by atomic mass is 79.9. The highest BCUT2D eigenvalue weighted by Crippen LogP contribution is 2.31. The number of rotatable bonds is 1. The van der Waals surface area contributed by atoms with Gasteiger partial charge in [0, 0.05) is 5.69 Å². The van der Waals surface area contributed by atoms with Crippen LogP contribution in [0.3, 0.4) is 0 Å². The molecule has 1 nitrogen and oxygen atoms in total. The first-order chi connectivity index (χ1) is 6.39. The van der Waals surface area contributed by atoms with Gasteiger partial charge in [-0.1, -0.05) is 12.1 Å². The molecule has 14 heavy (non-hydrogen) atoms. The molecule has 0 atom stereocenters. The SMILES string of the molecule is Nc1ccc(C=C(Br)C(F)(F)F)cc1. The molecule has 0 unspecified atom stereocenters. The Balaban J connectivity index is 2.93. The normalized spacial score (nSPS) is 13.0. The maximum atomic E-state index is 12.1. The zero-order chi connectivity index (χ0) is 10.8. The highest BCUT2D eigenvalue weighted by molar-refractivity contribution is 9.11.